The lowest BCUT2D eigenvalue weighted by Crippen LogP contribution is -2.88. The number of thioether (sulfide) groups is 1. The van der Waals surface area contributed by atoms with E-state index < -0.39 is 21.8 Å². The highest BCUT2D eigenvalue weighted by Gasteiger charge is 2.96. The van der Waals surface area contributed by atoms with Crippen molar-refractivity contribution in [3.05, 3.63) is 17.7 Å². The Balaban J connectivity index is 1.93. The molecule has 0 amide bonds. The first kappa shape index (κ1) is 17.8. The first-order valence-electron chi connectivity index (χ1n) is 8.33. The maximum absolute atomic E-state index is 10.2. The molecule has 1 aliphatic carbocycles. The van der Waals surface area contributed by atoms with Crippen molar-refractivity contribution in [3.8, 4) is 29.4 Å². The van der Waals surface area contributed by atoms with Crippen molar-refractivity contribution in [1.82, 2.24) is 0 Å². The van der Waals surface area contributed by atoms with Crippen LogP contribution in [-0.2, 0) is 4.74 Å². The van der Waals surface area contributed by atoms with Crippen molar-refractivity contribution in [3.63, 3.8) is 0 Å². The number of fused-ring (bicyclic) bond motifs is 2. The molecule has 4 rings (SSSR count). The predicted octanol–water partition coefficient (Wildman–Crippen LogP) is -0.302. The molecule has 8 nitrogen and oxygen atoms in total. The standard InChI is InChI=1S/C18H18N4O4S/c1-23-11-6-10(7-12(24-2)13(11)25-3)14-16(8-19)15(21)22-18(17(14,16)9-20)26-4-5-27-18/h6-7,14H,4-5H2,1-3H3,(H2,21,22)/p+1/t14-,16+,17+,18+/m0/s1. The molecule has 3 aliphatic rings. The van der Waals surface area contributed by atoms with E-state index in [1.165, 1.54) is 33.1 Å². The zero-order chi connectivity index (χ0) is 19.4. The molecule has 0 radical (unpaired) electrons. The molecule has 4 atom stereocenters. The summed E-state index contributed by atoms with van der Waals surface area (Å²) in [6.45, 7) is 0.484. The van der Waals surface area contributed by atoms with E-state index in [1.807, 2.05) is 0 Å². The van der Waals surface area contributed by atoms with Gasteiger partial charge in [0.2, 0.25) is 5.75 Å². The monoisotopic (exact) mass is 387 g/mol. The van der Waals surface area contributed by atoms with Gasteiger partial charge in [0.15, 0.2) is 22.3 Å². The fourth-order valence-corrected chi connectivity index (χ4v) is 5.94. The number of nitrogens with two attached hydrogens (primary N) is 1. The molecule has 140 valence electrons. The largest absolute Gasteiger partial charge is 0.493 e. The number of benzene rings is 1. The smallest absolute Gasteiger partial charge is 0.277 e. The Kier molecular flexibility index (Phi) is 3.74. The lowest BCUT2D eigenvalue weighted by Gasteiger charge is -2.24. The van der Waals surface area contributed by atoms with Gasteiger partial charge in [-0.25, -0.2) is 4.99 Å². The van der Waals surface area contributed by atoms with Crippen molar-refractivity contribution in [2.45, 2.75) is 11.0 Å². The Bertz CT molecular complexity index is 905. The van der Waals surface area contributed by atoms with E-state index in [0.29, 0.717) is 35.2 Å². The molecular formula is C18H19N4O4S+. The molecule has 0 aromatic heterocycles. The van der Waals surface area contributed by atoms with E-state index in [-0.39, 0.29) is 5.84 Å². The van der Waals surface area contributed by atoms with E-state index in [9.17, 15) is 10.5 Å². The summed E-state index contributed by atoms with van der Waals surface area (Å²) in [4.78, 5) is 3.09. The Hall–Kier alpha value is -2.62. The molecule has 3 N–H and O–H groups in total. The lowest BCUT2D eigenvalue weighted by atomic mass is 9.95. The second-order valence-corrected chi connectivity index (χ2v) is 7.86. The van der Waals surface area contributed by atoms with Crippen LogP contribution in [0.3, 0.4) is 0 Å². The van der Waals surface area contributed by atoms with Crippen LogP contribution < -0.4 is 24.9 Å². The third-order valence-corrected chi connectivity index (χ3v) is 7.03. The molecule has 1 spiro atoms. The summed E-state index contributed by atoms with van der Waals surface area (Å²) in [5, 5.41) is 19.2. The highest BCUT2D eigenvalue weighted by atomic mass is 32.2. The zero-order valence-corrected chi connectivity index (χ0v) is 16.0. The van der Waals surface area contributed by atoms with Crippen LogP contribution in [0.2, 0.25) is 0 Å². The van der Waals surface area contributed by atoms with Crippen LogP contribution in [0.15, 0.2) is 12.1 Å². The van der Waals surface area contributed by atoms with Gasteiger partial charge in [-0.15, -0.1) is 0 Å². The second-order valence-electron chi connectivity index (χ2n) is 6.58. The van der Waals surface area contributed by atoms with Gasteiger partial charge in [-0.3, -0.25) is 5.73 Å². The minimum Gasteiger partial charge on any atom is -0.493 e. The van der Waals surface area contributed by atoms with E-state index >= 15 is 0 Å². The van der Waals surface area contributed by atoms with E-state index in [0.717, 1.165) is 0 Å². The summed E-state index contributed by atoms with van der Waals surface area (Å²) in [5.74, 6) is 1.85. The number of methoxy groups -OCH3 is 3. The number of rotatable bonds is 4. The average molecular weight is 387 g/mol. The normalized spacial score (nSPS) is 35.7. The summed E-state index contributed by atoms with van der Waals surface area (Å²) >= 11 is 1.47. The van der Waals surface area contributed by atoms with E-state index in [1.54, 1.807) is 12.1 Å². The molecule has 0 bridgehead atoms. The molecule has 2 aliphatic heterocycles. The fraction of sp³-hybridized carbons (Fsp3) is 0.500. The van der Waals surface area contributed by atoms with Crippen molar-refractivity contribution < 1.29 is 23.9 Å². The number of hydrogen-bond donors (Lipinski definition) is 2. The molecular weight excluding hydrogens is 368 g/mol. The SMILES string of the molecule is COc1cc([C@@H]2[C@@]3(C#N)[C@@]4([NH+]=C(N)[C@@]23C#N)OCCS4)cc(OC)c1OC. The van der Waals surface area contributed by atoms with Crippen LogP contribution in [0.4, 0.5) is 0 Å². The zero-order valence-electron chi connectivity index (χ0n) is 15.2. The maximum atomic E-state index is 10.2. The molecule has 2 heterocycles. The van der Waals surface area contributed by atoms with Gasteiger partial charge in [0.05, 0.1) is 40.1 Å². The quantitative estimate of drug-likeness (QED) is 0.721. The van der Waals surface area contributed by atoms with E-state index in [4.69, 9.17) is 24.7 Å². The molecule has 27 heavy (non-hydrogen) atoms. The number of nitrogens with zero attached hydrogens (tertiary/aromatic N) is 2. The summed E-state index contributed by atoms with van der Waals surface area (Å²) in [6.07, 6.45) is 0. The predicted molar refractivity (Wildman–Crippen MR) is 96.2 cm³/mol. The minimum atomic E-state index is -1.19. The van der Waals surface area contributed by atoms with Crippen LogP contribution >= 0.6 is 11.8 Å². The fourth-order valence-electron chi connectivity index (χ4n) is 4.59. The highest BCUT2D eigenvalue weighted by molar-refractivity contribution is 8.00. The number of hydrogen-bond acceptors (Lipinski definition) is 8. The van der Waals surface area contributed by atoms with Gasteiger partial charge in [0, 0.05) is 11.7 Å². The average Bonchev–Trinajstić information content (AvgIpc) is 2.95. The second kappa shape index (κ2) is 5.69. The van der Waals surface area contributed by atoms with Crippen molar-refractivity contribution >= 4 is 17.6 Å². The topological polar surface area (TPSA) is 124 Å². The van der Waals surface area contributed by atoms with Gasteiger partial charge in [0.25, 0.3) is 10.9 Å². The van der Waals surface area contributed by atoms with Gasteiger partial charge in [-0.05, 0) is 17.7 Å². The number of nitrogens with one attached hydrogen (secondary N) is 1. The third-order valence-electron chi connectivity index (χ3n) is 5.71. The summed E-state index contributed by atoms with van der Waals surface area (Å²) < 4.78 is 22.2. The highest BCUT2D eigenvalue weighted by Crippen LogP contribution is 2.80. The van der Waals surface area contributed by atoms with Crippen molar-refractivity contribution in [2.24, 2.45) is 16.6 Å². The van der Waals surface area contributed by atoms with Gasteiger partial charge >= 0.3 is 0 Å². The van der Waals surface area contributed by atoms with Gasteiger partial charge in [0.1, 0.15) is 0 Å². The first-order chi connectivity index (χ1) is 13.0. The third kappa shape index (κ3) is 1.78. The molecule has 0 unspecified atom stereocenters. The van der Waals surface area contributed by atoms with Crippen LogP contribution in [0.25, 0.3) is 0 Å². The molecule has 1 aromatic carbocycles. The van der Waals surface area contributed by atoms with Crippen LogP contribution in [0.5, 0.6) is 17.2 Å². The van der Waals surface area contributed by atoms with Gasteiger partial charge < -0.3 is 18.9 Å². The summed E-state index contributed by atoms with van der Waals surface area (Å²) in [7, 11) is 4.57. The molecule has 2 fully saturated rings. The number of ether oxygens (including phenoxy) is 4. The summed E-state index contributed by atoms with van der Waals surface area (Å²) in [5.41, 5.74) is 4.63. The van der Waals surface area contributed by atoms with Gasteiger partial charge in [-0.1, -0.05) is 11.8 Å². The van der Waals surface area contributed by atoms with Crippen LogP contribution in [0, 0.1) is 33.5 Å². The summed E-state index contributed by atoms with van der Waals surface area (Å²) in [6, 6.07) is 8.22. The van der Waals surface area contributed by atoms with Crippen molar-refractivity contribution in [2.75, 3.05) is 33.7 Å². The molecule has 1 saturated heterocycles. The Labute approximate surface area is 160 Å². The Morgan fingerprint density at radius 2 is 1.85 bits per heavy atom. The minimum absolute atomic E-state index is 0.264. The van der Waals surface area contributed by atoms with Gasteiger partial charge in [-0.2, -0.15) is 10.5 Å². The lowest BCUT2D eigenvalue weighted by molar-refractivity contribution is -0.583. The maximum Gasteiger partial charge on any atom is 0.277 e. The first-order valence-corrected chi connectivity index (χ1v) is 9.31. The van der Waals surface area contributed by atoms with Crippen LogP contribution in [0.1, 0.15) is 11.5 Å². The van der Waals surface area contributed by atoms with Crippen LogP contribution in [-0.4, -0.2) is 44.6 Å². The van der Waals surface area contributed by atoms with E-state index in [2.05, 4.69) is 17.1 Å². The molecule has 1 aromatic rings. The number of amidine groups is 1. The van der Waals surface area contributed by atoms with Crippen molar-refractivity contribution in [1.29, 1.82) is 10.5 Å². The molecule has 9 heteroatoms. The Morgan fingerprint density at radius 3 is 2.30 bits per heavy atom. The number of nitriles is 2. The molecule has 1 saturated carbocycles. The Morgan fingerprint density at radius 1 is 1.19 bits per heavy atom.